The summed E-state index contributed by atoms with van der Waals surface area (Å²) in [7, 11) is 0. The minimum Gasteiger partial charge on any atom is -0.392 e. The van der Waals surface area contributed by atoms with E-state index in [1.807, 2.05) is 12.1 Å². The highest BCUT2D eigenvalue weighted by Gasteiger charge is 2.03. The Morgan fingerprint density at radius 2 is 1.60 bits per heavy atom. The Bertz CT molecular complexity index is 584. The van der Waals surface area contributed by atoms with Crippen LogP contribution >= 0.6 is 23.2 Å². The molecule has 0 unspecified atom stereocenters. The fourth-order valence-corrected chi connectivity index (χ4v) is 2.49. The van der Waals surface area contributed by atoms with Crippen molar-refractivity contribution in [3.8, 4) is 0 Å². The van der Waals surface area contributed by atoms with Crippen molar-refractivity contribution in [3.05, 3.63) is 69.0 Å². The standard InChI is InChI=1S/C15H14Cl2FNO/c16-13-4-11(5-14(17)6-13)8-19-7-10-1-2-15(18)12(3-10)9-20/h1-6,19-20H,7-9H2. The molecule has 2 nitrogen and oxygen atoms in total. The predicted octanol–water partition coefficient (Wildman–Crippen LogP) is 3.91. The molecule has 5 heteroatoms. The maximum Gasteiger partial charge on any atom is 0.128 e. The molecule has 0 bridgehead atoms. The molecule has 20 heavy (non-hydrogen) atoms. The largest absolute Gasteiger partial charge is 0.392 e. The van der Waals surface area contributed by atoms with E-state index < -0.39 is 5.82 Å². The van der Waals surface area contributed by atoms with Gasteiger partial charge >= 0.3 is 0 Å². The first kappa shape index (κ1) is 15.3. The number of hydrogen-bond acceptors (Lipinski definition) is 2. The summed E-state index contributed by atoms with van der Waals surface area (Å²) in [6, 6.07) is 10.0. The molecule has 0 spiro atoms. The molecule has 0 fully saturated rings. The zero-order chi connectivity index (χ0) is 14.5. The Morgan fingerprint density at radius 1 is 0.950 bits per heavy atom. The van der Waals surface area contributed by atoms with E-state index in [0.717, 1.165) is 11.1 Å². The molecule has 0 saturated heterocycles. The Kier molecular flexibility index (Phi) is 5.38. The molecule has 0 aliphatic carbocycles. The van der Waals surface area contributed by atoms with Crippen LogP contribution in [0.1, 0.15) is 16.7 Å². The smallest absolute Gasteiger partial charge is 0.128 e. The molecule has 2 aromatic rings. The van der Waals surface area contributed by atoms with Gasteiger partial charge in [-0.25, -0.2) is 4.39 Å². The van der Waals surface area contributed by atoms with Crippen LogP contribution < -0.4 is 5.32 Å². The van der Waals surface area contributed by atoms with E-state index in [-0.39, 0.29) is 6.61 Å². The third-order valence-electron chi connectivity index (χ3n) is 2.86. The second-order valence-electron chi connectivity index (χ2n) is 4.47. The Labute approximate surface area is 127 Å². The second kappa shape index (κ2) is 7.04. The van der Waals surface area contributed by atoms with Crippen molar-refractivity contribution in [1.29, 1.82) is 0 Å². The lowest BCUT2D eigenvalue weighted by atomic mass is 10.1. The van der Waals surface area contributed by atoms with Crippen molar-refractivity contribution in [2.75, 3.05) is 0 Å². The van der Waals surface area contributed by atoms with Crippen LogP contribution in [0, 0.1) is 5.82 Å². The predicted molar refractivity (Wildman–Crippen MR) is 79.3 cm³/mol. The summed E-state index contributed by atoms with van der Waals surface area (Å²) < 4.78 is 13.2. The van der Waals surface area contributed by atoms with Gasteiger partial charge in [0.1, 0.15) is 5.82 Å². The quantitative estimate of drug-likeness (QED) is 0.877. The van der Waals surface area contributed by atoms with Gasteiger partial charge in [0.15, 0.2) is 0 Å². The molecule has 2 N–H and O–H groups in total. The first-order valence-electron chi connectivity index (χ1n) is 6.12. The summed E-state index contributed by atoms with van der Waals surface area (Å²) in [4.78, 5) is 0. The number of hydrogen-bond donors (Lipinski definition) is 2. The number of rotatable bonds is 5. The molecule has 0 atom stereocenters. The van der Waals surface area contributed by atoms with Gasteiger partial charge in [-0.15, -0.1) is 0 Å². The fourth-order valence-electron chi connectivity index (χ4n) is 1.92. The maximum atomic E-state index is 13.2. The van der Waals surface area contributed by atoms with Crippen LogP contribution in [0.3, 0.4) is 0 Å². The van der Waals surface area contributed by atoms with Gasteiger partial charge in [0, 0.05) is 28.7 Å². The van der Waals surface area contributed by atoms with Gasteiger partial charge in [-0.05, 0) is 41.5 Å². The van der Waals surface area contributed by atoms with Gasteiger partial charge in [0.05, 0.1) is 6.61 Å². The van der Waals surface area contributed by atoms with E-state index in [0.29, 0.717) is 28.7 Å². The third kappa shape index (κ3) is 4.18. The highest BCUT2D eigenvalue weighted by molar-refractivity contribution is 6.34. The number of benzene rings is 2. The molecule has 2 rings (SSSR count). The summed E-state index contributed by atoms with van der Waals surface area (Å²) in [6.45, 7) is 0.868. The molecular formula is C15H14Cl2FNO. The lowest BCUT2D eigenvalue weighted by Crippen LogP contribution is -2.13. The SMILES string of the molecule is OCc1cc(CNCc2cc(Cl)cc(Cl)c2)ccc1F. The van der Waals surface area contributed by atoms with Gasteiger partial charge in [-0.1, -0.05) is 29.3 Å². The topological polar surface area (TPSA) is 32.3 Å². The highest BCUT2D eigenvalue weighted by Crippen LogP contribution is 2.19. The minimum atomic E-state index is -0.391. The van der Waals surface area contributed by atoms with E-state index in [4.69, 9.17) is 28.3 Å². The lowest BCUT2D eigenvalue weighted by molar-refractivity contribution is 0.275. The van der Waals surface area contributed by atoms with Crippen molar-refractivity contribution in [2.45, 2.75) is 19.7 Å². The normalized spacial score (nSPS) is 10.8. The maximum absolute atomic E-state index is 13.2. The molecule has 0 heterocycles. The van der Waals surface area contributed by atoms with Crippen LogP contribution in [0.4, 0.5) is 4.39 Å². The Hall–Kier alpha value is -1.13. The van der Waals surface area contributed by atoms with Crippen LogP contribution in [-0.4, -0.2) is 5.11 Å². The van der Waals surface area contributed by atoms with Crippen molar-refractivity contribution >= 4 is 23.2 Å². The molecule has 0 saturated carbocycles. The van der Waals surface area contributed by atoms with Crippen molar-refractivity contribution in [3.63, 3.8) is 0 Å². The number of aliphatic hydroxyl groups is 1. The van der Waals surface area contributed by atoms with Crippen LogP contribution in [0.15, 0.2) is 36.4 Å². The zero-order valence-corrected chi connectivity index (χ0v) is 12.2. The molecule has 0 radical (unpaired) electrons. The molecule has 0 aliphatic heterocycles. The second-order valence-corrected chi connectivity index (χ2v) is 5.34. The summed E-state index contributed by atoms with van der Waals surface area (Å²) in [5.74, 6) is -0.391. The number of aliphatic hydroxyl groups excluding tert-OH is 1. The zero-order valence-electron chi connectivity index (χ0n) is 10.7. The monoisotopic (exact) mass is 313 g/mol. The average Bonchev–Trinajstić information content (AvgIpc) is 2.39. The van der Waals surface area contributed by atoms with Crippen molar-refractivity contribution in [2.24, 2.45) is 0 Å². The van der Waals surface area contributed by atoms with Gasteiger partial charge in [-0.2, -0.15) is 0 Å². The summed E-state index contributed by atoms with van der Waals surface area (Å²) >= 11 is 11.8. The van der Waals surface area contributed by atoms with E-state index >= 15 is 0 Å². The van der Waals surface area contributed by atoms with Gasteiger partial charge in [-0.3, -0.25) is 0 Å². The van der Waals surface area contributed by atoms with E-state index in [1.54, 1.807) is 18.2 Å². The van der Waals surface area contributed by atoms with Crippen LogP contribution in [0.25, 0.3) is 0 Å². The van der Waals surface area contributed by atoms with Crippen LogP contribution in [0.5, 0.6) is 0 Å². The molecule has 0 aliphatic rings. The first-order valence-corrected chi connectivity index (χ1v) is 6.88. The Balaban J connectivity index is 1.95. The minimum absolute atomic E-state index is 0.301. The molecule has 2 aromatic carbocycles. The molecule has 0 aromatic heterocycles. The average molecular weight is 314 g/mol. The van der Waals surface area contributed by atoms with E-state index in [9.17, 15) is 4.39 Å². The number of nitrogens with one attached hydrogen (secondary N) is 1. The third-order valence-corrected chi connectivity index (χ3v) is 3.30. The van der Waals surface area contributed by atoms with Gasteiger partial charge in [0.25, 0.3) is 0 Å². The highest BCUT2D eigenvalue weighted by atomic mass is 35.5. The van der Waals surface area contributed by atoms with Crippen molar-refractivity contribution in [1.82, 2.24) is 5.32 Å². The van der Waals surface area contributed by atoms with Crippen molar-refractivity contribution < 1.29 is 9.50 Å². The first-order chi connectivity index (χ1) is 9.58. The van der Waals surface area contributed by atoms with Crippen LogP contribution in [0.2, 0.25) is 10.0 Å². The Morgan fingerprint density at radius 3 is 2.25 bits per heavy atom. The lowest BCUT2D eigenvalue weighted by Gasteiger charge is -2.08. The van der Waals surface area contributed by atoms with Crippen LogP contribution in [-0.2, 0) is 19.7 Å². The molecular weight excluding hydrogens is 300 g/mol. The van der Waals surface area contributed by atoms with Gasteiger partial charge < -0.3 is 10.4 Å². The molecule has 106 valence electrons. The van der Waals surface area contributed by atoms with E-state index in [1.165, 1.54) is 6.07 Å². The summed E-state index contributed by atoms with van der Waals surface area (Å²) in [5, 5.41) is 13.4. The number of halogens is 3. The summed E-state index contributed by atoms with van der Waals surface area (Å²) in [5.41, 5.74) is 2.19. The fraction of sp³-hybridized carbons (Fsp3) is 0.200. The molecule has 0 amide bonds. The summed E-state index contributed by atoms with van der Waals surface area (Å²) in [6.07, 6.45) is 0. The van der Waals surface area contributed by atoms with E-state index in [2.05, 4.69) is 5.32 Å². The van der Waals surface area contributed by atoms with Gasteiger partial charge in [0.2, 0.25) is 0 Å².